The molecule has 6 nitrogen and oxygen atoms in total. The van der Waals surface area contributed by atoms with Gasteiger partial charge >= 0.3 is 11.9 Å². The van der Waals surface area contributed by atoms with Crippen LogP contribution in [0.4, 0.5) is 0 Å². The van der Waals surface area contributed by atoms with Gasteiger partial charge < -0.3 is 19.9 Å². The highest BCUT2D eigenvalue weighted by molar-refractivity contribution is 5.91. The van der Waals surface area contributed by atoms with Crippen molar-refractivity contribution in [2.24, 2.45) is 0 Å². The van der Waals surface area contributed by atoms with Crippen molar-refractivity contribution >= 4 is 11.9 Å². The lowest BCUT2D eigenvalue weighted by Crippen LogP contribution is -2.44. The van der Waals surface area contributed by atoms with E-state index in [4.69, 9.17) is 9.47 Å². The van der Waals surface area contributed by atoms with E-state index in [-0.39, 0.29) is 29.1 Å². The third-order valence-electron chi connectivity index (χ3n) is 2.73. The SMILES string of the molecule is C=C(C)C(=O)O/C(=C(\C)C(=O)OCC(C)O)C(C)NC(C)(C)C. The van der Waals surface area contributed by atoms with Crippen molar-refractivity contribution in [3.8, 4) is 0 Å². The molecular weight excluding hydrogens is 298 g/mol. The van der Waals surface area contributed by atoms with Crippen molar-refractivity contribution in [1.82, 2.24) is 5.32 Å². The smallest absolute Gasteiger partial charge is 0.338 e. The summed E-state index contributed by atoms with van der Waals surface area (Å²) in [4.78, 5) is 23.9. The molecule has 132 valence electrons. The Labute approximate surface area is 138 Å². The first-order chi connectivity index (χ1) is 10.3. The Hall–Kier alpha value is -1.66. The lowest BCUT2D eigenvalue weighted by Gasteiger charge is -2.28. The van der Waals surface area contributed by atoms with Gasteiger partial charge in [0.15, 0.2) is 0 Å². The fourth-order valence-electron chi connectivity index (χ4n) is 1.80. The third-order valence-corrected chi connectivity index (χ3v) is 2.73. The molecule has 0 bridgehead atoms. The van der Waals surface area contributed by atoms with Crippen LogP contribution in [0.25, 0.3) is 0 Å². The maximum Gasteiger partial charge on any atom is 0.338 e. The first-order valence-electron chi connectivity index (χ1n) is 7.56. The molecule has 6 heteroatoms. The third kappa shape index (κ3) is 8.52. The number of rotatable bonds is 7. The number of hydrogen-bond acceptors (Lipinski definition) is 6. The van der Waals surface area contributed by atoms with Crippen molar-refractivity contribution in [2.45, 2.75) is 66.2 Å². The molecule has 0 spiro atoms. The predicted octanol–water partition coefficient (Wildman–Crippen LogP) is 2.08. The molecule has 2 atom stereocenters. The van der Waals surface area contributed by atoms with Gasteiger partial charge in [0, 0.05) is 11.1 Å². The molecule has 0 aliphatic heterocycles. The first kappa shape index (κ1) is 21.3. The van der Waals surface area contributed by atoms with E-state index in [0.29, 0.717) is 0 Å². The Kier molecular flexibility index (Phi) is 8.20. The van der Waals surface area contributed by atoms with Gasteiger partial charge in [-0.2, -0.15) is 0 Å². The molecule has 0 aliphatic carbocycles. The van der Waals surface area contributed by atoms with Crippen LogP contribution in [-0.2, 0) is 19.1 Å². The van der Waals surface area contributed by atoms with Gasteiger partial charge in [-0.05, 0) is 48.5 Å². The van der Waals surface area contributed by atoms with Crippen molar-refractivity contribution in [1.29, 1.82) is 0 Å². The molecule has 0 rings (SSSR count). The van der Waals surface area contributed by atoms with Crippen LogP contribution in [0.1, 0.15) is 48.5 Å². The highest BCUT2D eigenvalue weighted by Gasteiger charge is 2.25. The Balaban J connectivity index is 5.45. The molecule has 0 heterocycles. The number of carbonyl (C=O) groups is 2. The summed E-state index contributed by atoms with van der Waals surface area (Å²) in [5.74, 6) is -1.06. The monoisotopic (exact) mass is 327 g/mol. The average Bonchev–Trinajstić information content (AvgIpc) is 2.38. The summed E-state index contributed by atoms with van der Waals surface area (Å²) >= 11 is 0. The van der Waals surface area contributed by atoms with Crippen LogP contribution >= 0.6 is 0 Å². The second kappa shape index (κ2) is 8.84. The zero-order chi connectivity index (χ0) is 18.4. The van der Waals surface area contributed by atoms with Crippen LogP contribution in [0.15, 0.2) is 23.5 Å². The van der Waals surface area contributed by atoms with E-state index < -0.39 is 24.1 Å². The summed E-state index contributed by atoms with van der Waals surface area (Å²) in [5, 5.41) is 12.4. The highest BCUT2D eigenvalue weighted by atomic mass is 16.6. The van der Waals surface area contributed by atoms with E-state index in [1.165, 1.54) is 20.8 Å². The molecule has 0 amide bonds. The largest absolute Gasteiger partial charge is 0.460 e. The molecule has 0 aliphatic rings. The van der Waals surface area contributed by atoms with Gasteiger partial charge in [0.25, 0.3) is 0 Å². The van der Waals surface area contributed by atoms with Crippen LogP contribution in [0.5, 0.6) is 0 Å². The first-order valence-corrected chi connectivity index (χ1v) is 7.56. The molecule has 2 N–H and O–H groups in total. The lowest BCUT2D eigenvalue weighted by atomic mass is 10.1. The average molecular weight is 327 g/mol. The summed E-state index contributed by atoms with van der Waals surface area (Å²) in [5.41, 5.74) is 0.157. The van der Waals surface area contributed by atoms with Crippen LogP contribution in [0, 0.1) is 0 Å². The molecule has 0 aromatic carbocycles. The summed E-state index contributed by atoms with van der Waals surface area (Å²) < 4.78 is 10.3. The van der Waals surface area contributed by atoms with Crippen LogP contribution in [-0.4, -0.2) is 41.3 Å². The van der Waals surface area contributed by atoms with Crippen molar-refractivity contribution in [3.63, 3.8) is 0 Å². The number of aliphatic hydroxyl groups excluding tert-OH is 1. The van der Waals surface area contributed by atoms with E-state index in [2.05, 4.69) is 11.9 Å². The van der Waals surface area contributed by atoms with Crippen molar-refractivity contribution < 1.29 is 24.2 Å². The van der Waals surface area contributed by atoms with E-state index in [1.807, 2.05) is 20.8 Å². The number of nitrogens with one attached hydrogen (secondary N) is 1. The van der Waals surface area contributed by atoms with E-state index in [1.54, 1.807) is 6.92 Å². The molecule has 0 saturated heterocycles. The highest BCUT2D eigenvalue weighted by Crippen LogP contribution is 2.17. The van der Waals surface area contributed by atoms with Crippen LogP contribution in [0.3, 0.4) is 0 Å². The van der Waals surface area contributed by atoms with E-state index in [9.17, 15) is 14.7 Å². The molecule has 0 fully saturated rings. The fraction of sp³-hybridized carbons (Fsp3) is 0.647. The number of esters is 2. The molecule has 23 heavy (non-hydrogen) atoms. The zero-order valence-electron chi connectivity index (χ0n) is 15.1. The minimum Gasteiger partial charge on any atom is -0.460 e. The van der Waals surface area contributed by atoms with Gasteiger partial charge in [-0.1, -0.05) is 6.58 Å². The van der Waals surface area contributed by atoms with Crippen LogP contribution < -0.4 is 5.32 Å². The van der Waals surface area contributed by atoms with Crippen LogP contribution in [0.2, 0.25) is 0 Å². The van der Waals surface area contributed by atoms with Gasteiger partial charge in [-0.25, -0.2) is 9.59 Å². The molecule has 2 unspecified atom stereocenters. The quantitative estimate of drug-likeness (QED) is 0.423. The number of aliphatic hydroxyl groups is 1. The molecule has 0 aromatic rings. The number of carbonyl (C=O) groups excluding carboxylic acids is 2. The van der Waals surface area contributed by atoms with Crippen molar-refractivity contribution in [2.75, 3.05) is 6.61 Å². The van der Waals surface area contributed by atoms with Gasteiger partial charge in [-0.15, -0.1) is 0 Å². The standard InChI is InChI=1S/C17H29NO5/c1-10(2)15(20)23-14(13(5)18-17(6,7)8)12(4)16(21)22-9-11(3)19/h11,13,18-19H,1,9H2,2-8H3/b14-12+. The van der Waals surface area contributed by atoms with Gasteiger partial charge in [0.1, 0.15) is 12.4 Å². The summed E-state index contributed by atoms with van der Waals surface area (Å²) in [7, 11) is 0. The number of hydrogen-bond donors (Lipinski definition) is 2. The van der Waals surface area contributed by atoms with Gasteiger partial charge in [-0.3, -0.25) is 0 Å². The maximum absolute atomic E-state index is 12.1. The Bertz CT molecular complexity index is 486. The minimum absolute atomic E-state index is 0.126. The summed E-state index contributed by atoms with van der Waals surface area (Å²) in [6, 6.07) is -0.391. The number of ether oxygens (including phenoxy) is 2. The fourth-order valence-corrected chi connectivity index (χ4v) is 1.80. The second-order valence-corrected chi connectivity index (χ2v) is 6.72. The normalized spacial score (nSPS) is 15.3. The maximum atomic E-state index is 12.1. The Morgan fingerprint density at radius 2 is 1.70 bits per heavy atom. The molecule has 0 aromatic heterocycles. The van der Waals surface area contributed by atoms with E-state index >= 15 is 0 Å². The van der Waals surface area contributed by atoms with E-state index in [0.717, 1.165) is 0 Å². The van der Waals surface area contributed by atoms with Gasteiger partial charge in [0.2, 0.25) is 0 Å². The lowest BCUT2D eigenvalue weighted by molar-refractivity contribution is -0.142. The second-order valence-electron chi connectivity index (χ2n) is 6.72. The Morgan fingerprint density at radius 1 is 1.17 bits per heavy atom. The topological polar surface area (TPSA) is 84.9 Å². The summed E-state index contributed by atoms with van der Waals surface area (Å²) in [6.07, 6.45) is -0.765. The predicted molar refractivity (Wildman–Crippen MR) is 88.6 cm³/mol. The zero-order valence-corrected chi connectivity index (χ0v) is 15.1. The molecule has 0 radical (unpaired) electrons. The summed E-state index contributed by atoms with van der Waals surface area (Å²) in [6.45, 7) is 15.6. The van der Waals surface area contributed by atoms with Gasteiger partial charge in [0.05, 0.1) is 17.7 Å². The molecular formula is C17H29NO5. The Morgan fingerprint density at radius 3 is 2.09 bits per heavy atom. The minimum atomic E-state index is -0.765. The molecule has 0 saturated carbocycles. The van der Waals surface area contributed by atoms with Crippen molar-refractivity contribution in [3.05, 3.63) is 23.5 Å².